The van der Waals surface area contributed by atoms with Crippen LogP contribution in [0.25, 0.3) is 0 Å². The van der Waals surface area contributed by atoms with Crippen molar-refractivity contribution >= 4 is 21.7 Å². The number of aromatic nitrogens is 1. The van der Waals surface area contributed by atoms with E-state index in [2.05, 4.69) is 26.2 Å². The van der Waals surface area contributed by atoms with Gasteiger partial charge in [0.05, 0.1) is 17.3 Å². The molecule has 0 aromatic carbocycles. The van der Waals surface area contributed by atoms with E-state index in [-0.39, 0.29) is 0 Å². The van der Waals surface area contributed by atoms with Gasteiger partial charge in [-0.25, -0.2) is 4.98 Å². The highest BCUT2D eigenvalue weighted by Gasteiger charge is 2.02. The molecule has 0 unspecified atom stereocenters. The smallest absolute Gasteiger partial charge is 0.137 e. The molecule has 0 radical (unpaired) electrons. The fraction of sp³-hybridized carbons (Fsp3) is 0.100. The molecule has 0 fully saturated rings. The molecule has 2 heterocycles. The van der Waals surface area contributed by atoms with Crippen molar-refractivity contribution in [2.24, 2.45) is 0 Å². The van der Waals surface area contributed by atoms with Gasteiger partial charge in [-0.15, -0.1) is 0 Å². The highest BCUT2D eigenvalue weighted by Crippen LogP contribution is 2.18. The van der Waals surface area contributed by atoms with E-state index in [9.17, 15) is 0 Å². The minimum absolute atomic E-state index is 0.630. The fourth-order valence-electron chi connectivity index (χ4n) is 1.09. The molecule has 0 saturated heterocycles. The number of hydrogen-bond donors (Lipinski definition) is 1. The van der Waals surface area contributed by atoms with Gasteiger partial charge in [0.25, 0.3) is 0 Å². The first-order valence-electron chi connectivity index (χ1n) is 4.23. The summed E-state index contributed by atoms with van der Waals surface area (Å²) in [6, 6.07) is 7.60. The van der Waals surface area contributed by atoms with Gasteiger partial charge in [-0.1, -0.05) is 6.07 Å². The van der Waals surface area contributed by atoms with Crippen LogP contribution in [-0.4, -0.2) is 4.98 Å². The second kappa shape index (κ2) is 4.28. The first-order valence-corrected chi connectivity index (χ1v) is 5.02. The van der Waals surface area contributed by atoms with Crippen molar-refractivity contribution in [1.82, 2.24) is 4.98 Å². The summed E-state index contributed by atoms with van der Waals surface area (Å²) < 4.78 is 6.22. The van der Waals surface area contributed by atoms with Gasteiger partial charge in [-0.3, -0.25) is 0 Å². The van der Waals surface area contributed by atoms with Gasteiger partial charge < -0.3 is 9.73 Å². The van der Waals surface area contributed by atoms with E-state index in [0.717, 1.165) is 16.1 Å². The Kier molecular flexibility index (Phi) is 2.84. The van der Waals surface area contributed by atoms with Crippen LogP contribution in [0.2, 0.25) is 0 Å². The second-order valence-electron chi connectivity index (χ2n) is 2.76. The number of nitrogens with zero attached hydrogens (tertiary/aromatic N) is 1. The summed E-state index contributed by atoms with van der Waals surface area (Å²) >= 11 is 3.39. The zero-order chi connectivity index (χ0) is 9.80. The molecule has 0 aliphatic heterocycles. The Morgan fingerprint density at radius 2 is 2.29 bits per heavy atom. The van der Waals surface area contributed by atoms with E-state index in [4.69, 9.17) is 4.42 Å². The van der Waals surface area contributed by atoms with E-state index in [1.165, 1.54) is 0 Å². The molecule has 0 saturated carbocycles. The van der Waals surface area contributed by atoms with Gasteiger partial charge in [0.1, 0.15) is 11.6 Å². The van der Waals surface area contributed by atoms with Crippen molar-refractivity contribution < 1.29 is 4.42 Å². The van der Waals surface area contributed by atoms with E-state index < -0.39 is 0 Å². The van der Waals surface area contributed by atoms with Crippen molar-refractivity contribution in [1.29, 1.82) is 0 Å². The second-order valence-corrected chi connectivity index (χ2v) is 3.61. The minimum Gasteiger partial charge on any atom is -0.466 e. The topological polar surface area (TPSA) is 38.1 Å². The molecule has 2 aromatic rings. The molecule has 0 bridgehead atoms. The lowest BCUT2D eigenvalue weighted by Crippen LogP contribution is -1.99. The number of pyridine rings is 1. The van der Waals surface area contributed by atoms with Crippen LogP contribution < -0.4 is 5.32 Å². The highest BCUT2D eigenvalue weighted by atomic mass is 79.9. The first-order chi connectivity index (χ1) is 6.86. The molecule has 72 valence electrons. The summed E-state index contributed by atoms with van der Waals surface area (Å²) in [4.78, 5) is 4.14. The third-order valence-electron chi connectivity index (χ3n) is 1.79. The largest absolute Gasteiger partial charge is 0.466 e. The third kappa shape index (κ3) is 2.14. The standard InChI is InChI=1S/C10H9BrN2O/c11-8-4-6-14-9(8)7-13-10-3-1-2-5-12-10/h1-6H,7H2,(H,12,13). The van der Waals surface area contributed by atoms with Crippen molar-refractivity contribution in [3.8, 4) is 0 Å². The summed E-state index contributed by atoms with van der Waals surface area (Å²) in [6.45, 7) is 0.630. The molecular weight excluding hydrogens is 244 g/mol. The lowest BCUT2D eigenvalue weighted by atomic mass is 10.4. The van der Waals surface area contributed by atoms with Crippen molar-refractivity contribution in [2.45, 2.75) is 6.54 Å². The summed E-state index contributed by atoms with van der Waals surface area (Å²) in [5.74, 6) is 1.71. The normalized spacial score (nSPS) is 10.1. The first kappa shape index (κ1) is 9.27. The number of nitrogens with one attached hydrogen (secondary N) is 1. The van der Waals surface area contributed by atoms with Crippen LogP contribution in [0.4, 0.5) is 5.82 Å². The molecular formula is C10H9BrN2O. The fourth-order valence-corrected chi connectivity index (χ4v) is 1.43. The average molecular weight is 253 g/mol. The molecule has 2 rings (SSSR count). The zero-order valence-electron chi connectivity index (χ0n) is 7.40. The maximum absolute atomic E-state index is 5.25. The van der Waals surface area contributed by atoms with E-state index in [1.807, 2.05) is 24.3 Å². The molecule has 14 heavy (non-hydrogen) atoms. The van der Waals surface area contributed by atoms with Crippen LogP contribution in [-0.2, 0) is 6.54 Å². The Bertz CT molecular complexity index is 400. The summed E-state index contributed by atoms with van der Waals surface area (Å²) in [5.41, 5.74) is 0. The number of rotatable bonds is 3. The molecule has 1 N–H and O–H groups in total. The van der Waals surface area contributed by atoms with Crippen LogP contribution in [0.1, 0.15) is 5.76 Å². The Balaban J connectivity index is 1.99. The maximum Gasteiger partial charge on any atom is 0.137 e. The maximum atomic E-state index is 5.25. The van der Waals surface area contributed by atoms with Crippen molar-refractivity contribution in [3.05, 3.63) is 47.0 Å². The Morgan fingerprint density at radius 1 is 1.36 bits per heavy atom. The predicted octanol–water partition coefficient (Wildman–Crippen LogP) is 3.05. The van der Waals surface area contributed by atoms with Gasteiger partial charge in [0, 0.05) is 6.20 Å². The van der Waals surface area contributed by atoms with E-state index >= 15 is 0 Å². The molecule has 3 nitrogen and oxygen atoms in total. The molecule has 0 amide bonds. The van der Waals surface area contributed by atoms with Crippen molar-refractivity contribution in [2.75, 3.05) is 5.32 Å². The van der Waals surface area contributed by atoms with Gasteiger partial charge in [-0.05, 0) is 34.1 Å². The van der Waals surface area contributed by atoms with Gasteiger partial charge in [0.15, 0.2) is 0 Å². The molecule has 0 atom stereocenters. The number of anilines is 1. The molecule has 2 aromatic heterocycles. The van der Waals surface area contributed by atoms with E-state index in [0.29, 0.717) is 6.54 Å². The Hall–Kier alpha value is -1.29. The van der Waals surface area contributed by atoms with Crippen LogP contribution in [0, 0.1) is 0 Å². The monoisotopic (exact) mass is 252 g/mol. The van der Waals surface area contributed by atoms with Gasteiger partial charge in [-0.2, -0.15) is 0 Å². The zero-order valence-corrected chi connectivity index (χ0v) is 8.99. The van der Waals surface area contributed by atoms with Crippen LogP contribution in [0.5, 0.6) is 0 Å². The lowest BCUT2D eigenvalue weighted by Gasteiger charge is -2.02. The lowest BCUT2D eigenvalue weighted by molar-refractivity contribution is 0.515. The predicted molar refractivity (Wildman–Crippen MR) is 58.0 cm³/mol. The molecule has 0 aliphatic carbocycles. The van der Waals surface area contributed by atoms with Crippen LogP contribution >= 0.6 is 15.9 Å². The third-order valence-corrected chi connectivity index (χ3v) is 2.49. The van der Waals surface area contributed by atoms with Gasteiger partial charge in [0.2, 0.25) is 0 Å². The number of furan rings is 1. The highest BCUT2D eigenvalue weighted by molar-refractivity contribution is 9.10. The van der Waals surface area contributed by atoms with Crippen molar-refractivity contribution in [3.63, 3.8) is 0 Å². The van der Waals surface area contributed by atoms with Crippen LogP contribution in [0.3, 0.4) is 0 Å². The van der Waals surface area contributed by atoms with Gasteiger partial charge >= 0.3 is 0 Å². The summed E-state index contributed by atoms with van der Waals surface area (Å²) in [7, 11) is 0. The van der Waals surface area contributed by atoms with Crippen LogP contribution in [0.15, 0.2) is 45.6 Å². The number of hydrogen-bond acceptors (Lipinski definition) is 3. The average Bonchev–Trinajstić information content (AvgIpc) is 2.63. The molecule has 0 aliphatic rings. The SMILES string of the molecule is Brc1ccoc1CNc1ccccn1. The Labute approximate surface area is 90.3 Å². The Morgan fingerprint density at radius 3 is 2.93 bits per heavy atom. The molecule has 4 heteroatoms. The minimum atomic E-state index is 0.630. The summed E-state index contributed by atoms with van der Waals surface area (Å²) in [6.07, 6.45) is 3.40. The number of halogens is 1. The quantitative estimate of drug-likeness (QED) is 0.913. The summed E-state index contributed by atoms with van der Waals surface area (Å²) in [5, 5.41) is 3.15. The molecule has 0 spiro atoms. The van der Waals surface area contributed by atoms with E-state index in [1.54, 1.807) is 12.5 Å².